The van der Waals surface area contributed by atoms with Gasteiger partial charge in [0.05, 0.1) is 5.70 Å². The van der Waals surface area contributed by atoms with Gasteiger partial charge in [0.2, 0.25) is 0 Å². The number of allylic oxidation sites excluding steroid dienone is 1. The largest absolute Gasteiger partial charge is 0.320 e. The predicted octanol–water partition coefficient (Wildman–Crippen LogP) is 1.51. The Bertz CT molecular complexity index is 172. The summed E-state index contributed by atoms with van der Waals surface area (Å²) in [6.45, 7) is 3.92. The summed E-state index contributed by atoms with van der Waals surface area (Å²) >= 11 is 0. The van der Waals surface area contributed by atoms with Crippen LogP contribution in [0.2, 0.25) is 0 Å². The molecule has 2 nitrogen and oxygen atoms in total. The van der Waals surface area contributed by atoms with Crippen molar-refractivity contribution in [2.24, 2.45) is 4.99 Å². The number of nitrogens with zero attached hydrogens (tertiary/aromatic N) is 1. The molecule has 0 bridgehead atoms. The van der Waals surface area contributed by atoms with Gasteiger partial charge in [-0.1, -0.05) is 13.3 Å². The van der Waals surface area contributed by atoms with Gasteiger partial charge >= 0.3 is 0 Å². The summed E-state index contributed by atoms with van der Waals surface area (Å²) in [5.74, 6) is 0. The Kier molecular flexibility index (Phi) is 5.17. The van der Waals surface area contributed by atoms with E-state index in [4.69, 9.17) is 6.42 Å². The minimum Gasteiger partial charge on any atom is -0.320 e. The highest BCUT2D eigenvalue weighted by Gasteiger charge is 1.77. The minimum absolute atomic E-state index is 0.889. The van der Waals surface area contributed by atoms with Crippen molar-refractivity contribution in [3.8, 4) is 12.5 Å². The molecular formula is C8H12N2. The maximum atomic E-state index is 4.95. The van der Waals surface area contributed by atoms with Gasteiger partial charge in [-0.05, 0) is 13.3 Å². The Labute approximate surface area is 62.0 Å². The Morgan fingerprint density at radius 2 is 2.50 bits per heavy atom. The summed E-state index contributed by atoms with van der Waals surface area (Å²) < 4.78 is 0. The number of hydrogen-bond acceptors (Lipinski definition) is 2. The quantitative estimate of drug-likeness (QED) is 0.355. The molecule has 10 heavy (non-hydrogen) atoms. The molecule has 0 atom stereocenters. The highest BCUT2D eigenvalue weighted by Crippen LogP contribution is 1.89. The van der Waals surface area contributed by atoms with Crippen molar-refractivity contribution in [3.05, 3.63) is 11.9 Å². The molecule has 0 aliphatic carbocycles. The van der Waals surface area contributed by atoms with Crippen LogP contribution in [0.15, 0.2) is 16.9 Å². The molecule has 0 aromatic carbocycles. The first-order valence-corrected chi connectivity index (χ1v) is 3.21. The van der Waals surface area contributed by atoms with Crippen molar-refractivity contribution < 1.29 is 0 Å². The number of aliphatic imine (C=N–C) groups is 1. The van der Waals surface area contributed by atoms with Crippen LogP contribution in [0, 0.1) is 12.5 Å². The molecule has 0 unspecified atom stereocenters. The highest BCUT2D eigenvalue weighted by atomic mass is 14.8. The van der Waals surface area contributed by atoms with E-state index in [9.17, 15) is 0 Å². The minimum atomic E-state index is 0.889. The molecule has 0 rings (SSSR count). The second-order valence-corrected chi connectivity index (χ2v) is 1.79. The van der Waals surface area contributed by atoms with E-state index >= 15 is 0 Å². The maximum Gasteiger partial charge on any atom is 0.0535 e. The molecule has 0 aliphatic heterocycles. The van der Waals surface area contributed by atoms with Gasteiger partial charge < -0.3 is 5.32 Å². The summed E-state index contributed by atoms with van der Waals surface area (Å²) in [4.78, 5) is 4.06. The Morgan fingerprint density at radius 3 is 3.00 bits per heavy atom. The van der Waals surface area contributed by atoms with Crippen LogP contribution in [0.4, 0.5) is 0 Å². The van der Waals surface area contributed by atoms with E-state index in [-0.39, 0.29) is 0 Å². The molecule has 0 aromatic heterocycles. The van der Waals surface area contributed by atoms with Crippen molar-refractivity contribution >= 4 is 6.21 Å². The Hall–Kier alpha value is -1.23. The van der Waals surface area contributed by atoms with Crippen LogP contribution in [0.25, 0.3) is 0 Å². The van der Waals surface area contributed by atoms with Gasteiger partial charge in [-0.15, -0.1) is 0 Å². The number of rotatable bonds is 3. The zero-order chi connectivity index (χ0) is 7.82. The summed E-state index contributed by atoms with van der Waals surface area (Å²) in [6.07, 6.45) is 9.42. The number of nitrogens with one attached hydrogen (secondary N) is 1. The predicted molar refractivity (Wildman–Crippen MR) is 44.5 cm³/mol. The summed E-state index contributed by atoms with van der Waals surface area (Å²) in [5, 5.41) is 2.61. The van der Waals surface area contributed by atoms with Gasteiger partial charge in [0, 0.05) is 18.5 Å². The number of hydrogen-bond donors (Lipinski definition) is 1. The average molecular weight is 136 g/mol. The van der Waals surface area contributed by atoms with Crippen LogP contribution in [0.5, 0.6) is 0 Å². The van der Waals surface area contributed by atoms with Crippen LogP contribution < -0.4 is 5.32 Å². The molecule has 0 aromatic rings. The molecule has 0 saturated carbocycles. The van der Waals surface area contributed by atoms with Gasteiger partial charge in [-0.2, -0.15) is 0 Å². The van der Waals surface area contributed by atoms with Gasteiger partial charge in [0.15, 0.2) is 0 Å². The van der Waals surface area contributed by atoms with E-state index in [1.54, 1.807) is 6.20 Å². The molecule has 54 valence electrons. The molecule has 0 aliphatic rings. The third-order valence-electron chi connectivity index (χ3n) is 0.842. The van der Waals surface area contributed by atoms with E-state index in [0.717, 1.165) is 12.1 Å². The lowest BCUT2D eigenvalue weighted by atomic mass is 10.5. The topological polar surface area (TPSA) is 24.4 Å². The summed E-state index contributed by atoms with van der Waals surface area (Å²) in [5.41, 5.74) is 0.889. The van der Waals surface area contributed by atoms with Crippen LogP contribution in [0.1, 0.15) is 20.3 Å². The highest BCUT2D eigenvalue weighted by molar-refractivity contribution is 5.58. The SMILES string of the molecule is C#CN/C=C(/C)N=CCC. The maximum absolute atomic E-state index is 4.95. The first kappa shape index (κ1) is 8.77. The third kappa shape index (κ3) is 4.92. The second-order valence-electron chi connectivity index (χ2n) is 1.79. The van der Waals surface area contributed by atoms with Gasteiger partial charge in [-0.3, -0.25) is 4.99 Å². The fourth-order valence-electron chi connectivity index (χ4n) is 0.419. The van der Waals surface area contributed by atoms with Crippen molar-refractivity contribution in [1.29, 1.82) is 0 Å². The molecule has 0 fully saturated rings. The van der Waals surface area contributed by atoms with Crippen molar-refractivity contribution in [2.75, 3.05) is 0 Å². The fourth-order valence-corrected chi connectivity index (χ4v) is 0.419. The molecule has 0 radical (unpaired) electrons. The fraction of sp³-hybridized carbons (Fsp3) is 0.375. The van der Waals surface area contributed by atoms with Crippen LogP contribution in [-0.2, 0) is 0 Å². The normalized spacial score (nSPS) is 11.5. The molecule has 2 heteroatoms. The molecule has 1 N–H and O–H groups in total. The smallest absolute Gasteiger partial charge is 0.0535 e. The summed E-state index contributed by atoms with van der Waals surface area (Å²) in [7, 11) is 0. The average Bonchev–Trinajstić information content (AvgIpc) is 1.97. The van der Waals surface area contributed by atoms with Crippen LogP contribution in [0.3, 0.4) is 0 Å². The molecule has 0 spiro atoms. The third-order valence-corrected chi connectivity index (χ3v) is 0.842. The van der Waals surface area contributed by atoms with E-state index < -0.39 is 0 Å². The standard InChI is InChI=1S/C8H12N2/c1-4-6-10-8(3)7-9-5-2/h2,6-7,9H,4H2,1,3H3/b8-7-,10-6?. The molecular weight excluding hydrogens is 124 g/mol. The van der Waals surface area contributed by atoms with Gasteiger partial charge in [0.1, 0.15) is 0 Å². The first-order chi connectivity index (χ1) is 4.81. The zero-order valence-electron chi connectivity index (χ0n) is 6.39. The van der Waals surface area contributed by atoms with E-state index in [0.29, 0.717) is 0 Å². The lowest BCUT2D eigenvalue weighted by molar-refractivity contribution is 1.16. The van der Waals surface area contributed by atoms with Crippen molar-refractivity contribution in [1.82, 2.24) is 5.32 Å². The zero-order valence-corrected chi connectivity index (χ0v) is 6.39. The first-order valence-electron chi connectivity index (χ1n) is 3.21. The van der Waals surface area contributed by atoms with Crippen molar-refractivity contribution in [2.45, 2.75) is 20.3 Å². The van der Waals surface area contributed by atoms with Gasteiger partial charge in [0.25, 0.3) is 0 Å². The lowest BCUT2D eigenvalue weighted by Crippen LogP contribution is -1.92. The lowest BCUT2D eigenvalue weighted by Gasteiger charge is -1.89. The Morgan fingerprint density at radius 1 is 1.80 bits per heavy atom. The van der Waals surface area contributed by atoms with E-state index in [1.165, 1.54) is 0 Å². The summed E-state index contributed by atoms with van der Waals surface area (Å²) in [6, 6.07) is 2.27. The molecule has 0 saturated heterocycles. The van der Waals surface area contributed by atoms with Gasteiger partial charge in [-0.25, -0.2) is 0 Å². The number of terminal acetylenes is 1. The monoisotopic (exact) mass is 136 g/mol. The van der Waals surface area contributed by atoms with Crippen LogP contribution in [-0.4, -0.2) is 6.21 Å². The van der Waals surface area contributed by atoms with Crippen LogP contribution >= 0.6 is 0 Å². The van der Waals surface area contributed by atoms with Crippen molar-refractivity contribution in [3.63, 3.8) is 0 Å². The molecule has 0 amide bonds. The second kappa shape index (κ2) is 5.90. The Balaban J connectivity index is 3.72. The van der Waals surface area contributed by atoms with E-state index in [2.05, 4.69) is 16.4 Å². The van der Waals surface area contributed by atoms with E-state index in [1.807, 2.05) is 20.1 Å². The molecule has 0 heterocycles.